The number of halogens is 2. The third-order valence-electron chi connectivity index (χ3n) is 6.09. The standard InChI is InChI=1S/C24H26F2N4O6/c1-10-17(8-14-20-16(29-22(14)33)6-5-15(25)21(20)26)28-11(2)19(10)23(34)27-9-13(31)7-18(32)30(4)12(3)24(35)36/h5-6,8,12-13,28,31H,7,9H2,1-4H3,(H,27,34)(H,29,33)(H,35,36)/b14-8-. The number of benzene rings is 1. The van der Waals surface area contributed by atoms with Crippen LogP contribution in [0.1, 0.15) is 46.2 Å². The van der Waals surface area contributed by atoms with Crippen LogP contribution in [0.2, 0.25) is 0 Å². The molecule has 3 rings (SSSR count). The van der Waals surface area contributed by atoms with E-state index in [1.54, 1.807) is 13.8 Å². The van der Waals surface area contributed by atoms with Crippen LogP contribution in [0, 0.1) is 25.5 Å². The van der Waals surface area contributed by atoms with Gasteiger partial charge in [0.1, 0.15) is 6.04 Å². The maximum Gasteiger partial charge on any atom is 0.326 e. The molecule has 1 aromatic heterocycles. The molecule has 0 spiro atoms. The van der Waals surface area contributed by atoms with Crippen LogP contribution in [0.5, 0.6) is 0 Å². The summed E-state index contributed by atoms with van der Waals surface area (Å²) in [5.41, 5.74) is 1.23. The molecule has 2 unspecified atom stereocenters. The number of aromatic amines is 1. The first kappa shape index (κ1) is 26.5. The highest BCUT2D eigenvalue weighted by atomic mass is 19.2. The lowest BCUT2D eigenvalue weighted by molar-refractivity contribution is -0.149. The molecule has 1 aromatic carbocycles. The molecule has 192 valence electrons. The second-order valence-electron chi connectivity index (χ2n) is 8.55. The topological polar surface area (TPSA) is 152 Å². The van der Waals surface area contributed by atoms with Gasteiger partial charge in [-0.05, 0) is 44.5 Å². The molecule has 1 aliphatic heterocycles. The predicted octanol–water partition coefficient (Wildman–Crippen LogP) is 1.81. The number of fused-ring (bicyclic) bond motifs is 1. The number of aromatic nitrogens is 1. The Hall–Kier alpha value is -4.06. The highest BCUT2D eigenvalue weighted by molar-refractivity contribution is 6.35. The lowest BCUT2D eigenvalue weighted by Gasteiger charge is -2.23. The molecule has 2 aromatic rings. The van der Waals surface area contributed by atoms with Gasteiger partial charge in [0.05, 0.1) is 29.3 Å². The second-order valence-corrected chi connectivity index (χ2v) is 8.55. The van der Waals surface area contributed by atoms with Crippen molar-refractivity contribution in [3.8, 4) is 0 Å². The number of H-pyrrole nitrogens is 1. The van der Waals surface area contributed by atoms with Crippen molar-refractivity contribution in [1.82, 2.24) is 15.2 Å². The molecule has 36 heavy (non-hydrogen) atoms. The van der Waals surface area contributed by atoms with Crippen LogP contribution in [0.3, 0.4) is 0 Å². The monoisotopic (exact) mass is 504 g/mol. The molecule has 5 N–H and O–H groups in total. The summed E-state index contributed by atoms with van der Waals surface area (Å²) in [5, 5.41) is 24.1. The number of aliphatic hydroxyl groups is 1. The van der Waals surface area contributed by atoms with Crippen LogP contribution in [-0.4, -0.2) is 69.5 Å². The largest absolute Gasteiger partial charge is 0.480 e. The second kappa shape index (κ2) is 10.3. The van der Waals surface area contributed by atoms with E-state index in [1.807, 2.05) is 0 Å². The Balaban J connectivity index is 1.74. The number of carboxylic acids is 1. The van der Waals surface area contributed by atoms with Gasteiger partial charge in [0.2, 0.25) is 5.91 Å². The summed E-state index contributed by atoms with van der Waals surface area (Å²) in [6, 6.07) is 1.10. The fourth-order valence-electron chi connectivity index (χ4n) is 3.86. The average Bonchev–Trinajstić information content (AvgIpc) is 3.28. The van der Waals surface area contributed by atoms with E-state index < -0.39 is 53.9 Å². The fraction of sp³-hybridized carbons (Fsp3) is 0.333. The number of amides is 3. The van der Waals surface area contributed by atoms with E-state index in [0.29, 0.717) is 17.0 Å². The minimum atomic E-state index is -1.26. The Kier molecular flexibility index (Phi) is 7.58. The molecule has 0 fully saturated rings. The number of anilines is 1. The van der Waals surface area contributed by atoms with Gasteiger partial charge in [-0.2, -0.15) is 0 Å². The van der Waals surface area contributed by atoms with E-state index in [-0.39, 0.29) is 28.9 Å². The van der Waals surface area contributed by atoms with Crippen LogP contribution < -0.4 is 10.6 Å². The van der Waals surface area contributed by atoms with Crippen LogP contribution in [-0.2, 0) is 14.4 Å². The third-order valence-corrected chi connectivity index (χ3v) is 6.09. The number of likely N-dealkylation sites (N-methyl/N-ethyl adjacent to an activating group) is 1. The molecular weight excluding hydrogens is 478 g/mol. The van der Waals surface area contributed by atoms with Crippen molar-refractivity contribution in [2.24, 2.45) is 0 Å². The molecule has 12 heteroatoms. The lowest BCUT2D eigenvalue weighted by Crippen LogP contribution is -2.43. The lowest BCUT2D eigenvalue weighted by atomic mass is 10.0. The van der Waals surface area contributed by atoms with Crippen molar-refractivity contribution in [2.75, 3.05) is 18.9 Å². The molecule has 0 radical (unpaired) electrons. The zero-order valence-electron chi connectivity index (χ0n) is 20.0. The Bertz CT molecular complexity index is 1290. The highest BCUT2D eigenvalue weighted by Gasteiger charge is 2.30. The van der Waals surface area contributed by atoms with Crippen molar-refractivity contribution >= 4 is 41.0 Å². The summed E-state index contributed by atoms with van der Waals surface area (Å²) < 4.78 is 28.1. The van der Waals surface area contributed by atoms with E-state index in [4.69, 9.17) is 5.11 Å². The number of rotatable bonds is 8. The number of carbonyl (C=O) groups excluding carboxylic acids is 3. The molecule has 2 heterocycles. The van der Waals surface area contributed by atoms with Crippen molar-refractivity contribution in [2.45, 2.75) is 39.3 Å². The summed E-state index contributed by atoms with van der Waals surface area (Å²) >= 11 is 0. The van der Waals surface area contributed by atoms with Gasteiger partial charge >= 0.3 is 5.97 Å². The number of carbonyl (C=O) groups is 4. The van der Waals surface area contributed by atoms with E-state index in [9.17, 15) is 33.1 Å². The van der Waals surface area contributed by atoms with Crippen molar-refractivity contribution in [1.29, 1.82) is 0 Å². The smallest absolute Gasteiger partial charge is 0.326 e. The van der Waals surface area contributed by atoms with E-state index >= 15 is 0 Å². The van der Waals surface area contributed by atoms with Gasteiger partial charge in [-0.25, -0.2) is 13.6 Å². The zero-order chi connectivity index (χ0) is 26.9. The summed E-state index contributed by atoms with van der Waals surface area (Å²) in [7, 11) is 1.30. The molecule has 10 nitrogen and oxygen atoms in total. The molecule has 3 amide bonds. The average molecular weight is 504 g/mol. The van der Waals surface area contributed by atoms with Crippen LogP contribution in [0.15, 0.2) is 12.1 Å². The van der Waals surface area contributed by atoms with E-state index in [0.717, 1.165) is 11.0 Å². The maximum absolute atomic E-state index is 14.4. The van der Waals surface area contributed by atoms with E-state index in [1.165, 1.54) is 26.1 Å². The first-order chi connectivity index (χ1) is 16.8. The highest BCUT2D eigenvalue weighted by Crippen LogP contribution is 2.36. The van der Waals surface area contributed by atoms with E-state index in [2.05, 4.69) is 15.6 Å². The van der Waals surface area contributed by atoms with Crippen LogP contribution in [0.4, 0.5) is 14.5 Å². The number of nitrogens with one attached hydrogen (secondary N) is 3. The van der Waals surface area contributed by atoms with Gasteiger partial charge < -0.3 is 30.7 Å². The normalized spacial score (nSPS) is 15.3. The van der Waals surface area contributed by atoms with Crippen LogP contribution in [0.25, 0.3) is 11.6 Å². The summed E-state index contributed by atoms with van der Waals surface area (Å²) in [4.78, 5) is 52.3. The molecule has 0 aliphatic carbocycles. The van der Waals surface area contributed by atoms with Gasteiger partial charge in [0, 0.05) is 30.5 Å². The number of aliphatic hydroxyl groups excluding tert-OH is 1. The Labute approximate surface area is 205 Å². The molecular formula is C24H26F2N4O6. The van der Waals surface area contributed by atoms with Gasteiger partial charge in [-0.1, -0.05) is 0 Å². The number of aryl methyl sites for hydroxylation is 1. The molecule has 2 atom stereocenters. The fourth-order valence-corrected chi connectivity index (χ4v) is 3.86. The minimum Gasteiger partial charge on any atom is -0.480 e. The molecule has 0 saturated heterocycles. The summed E-state index contributed by atoms with van der Waals surface area (Å²) in [6.07, 6.45) is -0.328. The minimum absolute atomic E-state index is 0.105. The number of carboxylic acid groups (broad SMARTS) is 1. The van der Waals surface area contributed by atoms with Crippen molar-refractivity contribution in [3.05, 3.63) is 51.8 Å². The first-order valence-corrected chi connectivity index (χ1v) is 11.0. The molecule has 0 bridgehead atoms. The predicted molar refractivity (Wildman–Crippen MR) is 126 cm³/mol. The van der Waals surface area contributed by atoms with Gasteiger partial charge in [-0.15, -0.1) is 0 Å². The quantitative estimate of drug-likeness (QED) is 0.346. The molecule has 0 saturated carbocycles. The third kappa shape index (κ3) is 5.13. The van der Waals surface area contributed by atoms with Crippen molar-refractivity contribution < 1.29 is 38.2 Å². The number of nitrogens with zero attached hydrogens (tertiary/aromatic N) is 1. The summed E-state index contributed by atoms with van der Waals surface area (Å²) in [6.45, 7) is 4.26. The Morgan fingerprint density at radius 2 is 1.89 bits per heavy atom. The number of hydrogen-bond donors (Lipinski definition) is 5. The SMILES string of the molecule is Cc1[nH]c(/C=C2\C(=O)Nc3ccc(F)c(F)c32)c(C)c1C(=O)NCC(O)CC(=O)N(C)C(C)C(=O)O. The van der Waals surface area contributed by atoms with Gasteiger partial charge in [-0.3, -0.25) is 14.4 Å². The number of hydrogen-bond acceptors (Lipinski definition) is 5. The zero-order valence-corrected chi connectivity index (χ0v) is 20.0. The Morgan fingerprint density at radius 1 is 1.22 bits per heavy atom. The first-order valence-electron chi connectivity index (χ1n) is 11.0. The summed E-state index contributed by atoms with van der Waals surface area (Å²) in [5.74, 6) is -5.25. The van der Waals surface area contributed by atoms with Crippen molar-refractivity contribution in [3.63, 3.8) is 0 Å². The van der Waals surface area contributed by atoms with Gasteiger partial charge in [0.25, 0.3) is 11.8 Å². The number of aliphatic carboxylic acids is 1. The maximum atomic E-state index is 14.4. The van der Waals surface area contributed by atoms with Gasteiger partial charge in [0.15, 0.2) is 11.6 Å². The Morgan fingerprint density at radius 3 is 2.53 bits per heavy atom. The molecule has 1 aliphatic rings. The van der Waals surface area contributed by atoms with Crippen LogP contribution >= 0.6 is 0 Å².